The highest BCUT2D eigenvalue weighted by atomic mass is 32.1. The van der Waals surface area contributed by atoms with Gasteiger partial charge in [0, 0.05) is 11.1 Å². The average Bonchev–Trinajstić information content (AvgIpc) is 2.35. The number of aliphatic hydroxyl groups excluding tert-OH is 1. The molecule has 1 heterocycles. The van der Waals surface area contributed by atoms with Crippen LogP contribution in [0.3, 0.4) is 0 Å². The Kier molecular flexibility index (Phi) is 3.00. The summed E-state index contributed by atoms with van der Waals surface area (Å²) in [5.41, 5.74) is 1.98. The van der Waals surface area contributed by atoms with Gasteiger partial charge in [-0.3, -0.25) is 0 Å². The normalized spacial score (nSPS) is 14.8. The summed E-state index contributed by atoms with van der Waals surface area (Å²) in [7, 11) is 0. The van der Waals surface area contributed by atoms with Crippen molar-refractivity contribution in [3.8, 4) is 0 Å². The maximum atomic E-state index is 9.20. The number of rotatable bonds is 2. The third kappa shape index (κ3) is 2.43. The predicted octanol–water partition coefficient (Wildman–Crippen LogP) is 2.24. The molecule has 1 aromatic heterocycles. The van der Waals surface area contributed by atoms with E-state index in [-0.39, 0.29) is 6.10 Å². The highest BCUT2D eigenvalue weighted by molar-refractivity contribution is 7.10. The molecule has 12 heavy (non-hydrogen) atoms. The van der Waals surface area contributed by atoms with Gasteiger partial charge in [0.05, 0.1) is 6.10 Å². The molecule has 1 N–H and O–H groups in total. The number of aryl methyl sites for hydroxylation is 1. The number of thiazole rings is 1. The average molecular weight is 183 g/mol. The molecule has 2 nitrogen and oxygen atoms in total. The van der Waals surface area contributed by atoms with E-state index in [1.807, 2.05) is 25.3 Å². The second-order valence-electron chi connectivity index (χ2n) is 2.89. The van der Waals surface area contributed by atoms with Crippen LogP contribution in [0.5, 0.6) is 0 Å². The smallest absolute Gasteiger partial charge is 0.116 e. The zero-order valence-corrected chi connectivity index (χ0v) is 8.35. The molecule has 0 aromatic carbocycles. The fraction of sp³-hybridized carbons (Fsp3) is 0.444. The third-order valence-electron chi connectivity index (χ3n) is 1.65. The molecule has 66 valence electrons. The van der Waals surface area contributed by atoms with E-state index >= 15 is 0 Å². The molecule has 3 heteroatoms. The first kappa shape index (κ1) is 9.42. The zero-order valence-electron chi connectivity index (χ0n) is 7.53. The van der Waals surface area contributed by atoms with Gasteiger partial charge in [-0.25, -0.2) is 4.98 Å². The van der Waals surface area contributed by atoms with E-state index < -0.39 is 0 Å². The Morgan fingerprint density at radius 3 is 2.83 bits per heavy atom. The summed E-state index contributed by atoms with van der Waals surface area (Å²) >= 11 is 1.60. The second-order valence-corrected chi connectivity index (χ2v) is 3.78. The minimum Gasteiger partial charge on any atom is -0.389 e. The Bertz CT molecular complexity index is 288. The Labute approximate surface area is 76.6 Å². The molecule has 0 saturated carbocycles. The van der Waals surface area contributed by atoms with Gasteiger partial charge in [-0.05, 0) is 32.4 Å². The Balaban J connectivity index is 2.80. The molecule has 0 aliphatic carbocycles. The van der Waals surface area contributed by atoms with Crippen LogP contribution in [0.1, 0.15) is 24.5 Å². The van der Waals surface area contributed by atoms with Crippen molar-refractivity contribution in [3.05, 3.63) is 21.7 Å². The Hall–Kier alpha value is -0.670. The minimum atomic E-state index is -0.380. The van der Waals surface area contributed by atoms with Crippen LogP contribution in [0.2, 0.25) is 0 Å². The molecule has 0 saturated heterocycles. The highest BCUT2D eigenvalue weighted by Gasteiger charge is 2.00. The molecule has 1 unspecified atom stereocenters. The largest absolute Gasteiger partial charge is 0.389 e. The zero-order chi connectivity index (χ0) is 9.14. The summed E-state index contributed by atoms with van der Waals surface area (Å²) in [5, 5.41) is 12.2. The Morgan fingerprint density at radius 2 is 2.42 bits per heavy atom. The van der Waals surface area contributed by atoms with Crippen LogP contribution in [0.4, 0.5) is 0 Å². The second kappa shape index (κ2) is 3.83. The van der Waals surface area contributed by atoms with Gasteiger partial charge in [-0.15, -0.1) is 11.3 Å². The fourth-order valence-electron chi connectivity index (χ4n) is 0.754. The van der Waals surface area contributed by atoms with E-state index in [1.54, 1.807) is 18.3 Å². The van der Waals surface area contributed by atoms with Crippen molar-refractivity contribution in [2.75, 3.05) is 0 Å². The summed E-state index contributed by atoms with van der Waals surface area (Å²) in [6.45, 7) is 5.62. The van der Waals surface area contributed by atoms with Crippen LogP contribution < -0.4 is 0 Å². The molecule has 0 amide bonds. The standard InChI is InChI=1S/C9H13NOS/c1-6(8(3)11)4-9-10-7(2)5-12-9/h4-5,8,11H,1-3H3/b6-4+. The summed E-state index contributed by atoms with van der Waals surface area (Å²) < 4.78 is 0. The summed E-state index contributed by atoms with van der Waals surface area (Å²) in [6.07, 6.45) is 1.54. The van der Waals surface area contributed by atoms with E-state index in [1.165, 1.54) is 0 Å². The summed E-state index contributed by atoms with van der Waals surface area (Å²) in [5.74, 6) is 0. The summed E-state index contributed by atoms with van der Waals surface area (Å²) in [4.78, 5) is 4.26. The maximum absolute atomic E-state index is 9.20. The molecular formula is C9H13NOS. The summed E-state index contributed by atoms with van der Waals surface area (Å²) in [6, 6.07) is 0. The van der Waals surface area contributed by atoms with Crippen molar-refractivity contribution in [3.63, 3.8) is 0 Å². The number of aromatic nitrogens is 1. The van der Waals surface area contributed by atoms with Gasteiger partial charge in [0.2, 0.25) is 0 Å². The van der Waals surface area contributed by atoms with Crippen molar-refractivity contribution in [2.45, 2.75) is 26.9 Å². The first-order valence-electron chi connectivity index (χ1n) is 3.88. The van der Waals surface area contributed by atoms with Crippen molar-refractivity contribution in [2.24, 2.45) is 0 Å². The van der Waals surface area contributed by atoms with Gasteiger partial charge >= 0.3 is 0 Å². The molecule has 0 aliphatic heterocycles. The first-order valence-corrected chi connectivity index (χ1v) is 4.76. The van der Waals surface area contributed by atoms with Crippen LogP contribution in [0, 0.1) is 6.92 Å². The third-order valence-corrected chi connectivity index (χ3v) is 2.56. The van der Waals surface area contributed by atoms with E-state index in [0.29, 0.717) is 0 Å². The lowest BCUT2D eigenvalue weighted by Crippen LogP contribution is -2.00. The number of hydrogen-bond donors (Lipinski definition) is 1. The lowest BCUT2D eigenvalue weighted by atomic mass is 10.2. The monoisotopic (exact) mass is 183 g/mol. The molecule has 0 spiro atoms. The van der Waals surface area contributed by atoms with E-state index in [4.69, 9.17) is 0 Å². The van der Waals surface area contributed by atoms with Gasteiger partial charge in [-0.2, -0.15) is 0 Å². The topological polar surface area (TPSA) is 33.1 Å². The van der Waals surface area contributed by atoms with Crippen molar-refractivity contribution in [1.82, 2.24) is 4.98 Å². The minimum absolute atomic E-state index is 0.380. The molecule has 1 aromatic rings. The van der Waals surface area contributed by atoms with E-state index in [9.17, 15) is 5.11 Å². The van der Waals surface area contributed by atoms with Crippen molar-refractivity contribution < 1.29 is 5.11 Å². The number of aliphatic hydroxyl groups is 1. The van der Waals surface area contributed by atoms with E-state index in [2.05, 4.69) is 4.98 Å². The predicted molar refractivity (Wildman–Crippen MR) is 52.2 cm³/mol. The van der Waals surface area contributed by atoms with Gasteiger partial charge in [0.15, 0.2) is 0 Å². The molecule has 0 bridgehead atoms. The van der Waals surface area contributed by atoms with Crippen LogP contribution >= 0.6 is 11.3 Å². The van der Waals surface area contributed by atoms with Gasteiger partial charge < -0.3 is 5.11 Å². The number of hydrogen-bond acceptors (Lipinski definition) is 3. The molecule has 0 aliphatic rings. The molecule has 1 rings (SSSR count). The lowest BCUT2D eigenvalue weighted by molar-refractivity contribution is 0.232. The van der Waals surface area contributed by atoms with Gasteiger partial charge in [-0.1, -0.05) is 0 Å². The molecule has 0 fully saturated rings. The SMILES string of the molecule is C/C(=C\c1nc(C)cs1)C(C)O. The maximum Gasteiger partial charge on any atom is 0.116 e. The van der Waals surface area contributed by atoms with Gasteiger partial charge in [0.1, 0.15) is 5.01 Å². The van der Waals surface area contributed by atoms with Crippen LogP contribution in [-0.4, -0.2) is 16.2 Å². The fourth-order valence-corrected chi connectivity index (χ4v) is 1.55. The van der Waals surface area contributed by atoms with Crippen LogP contribution in [0.15, 0.2) is 11.0 Å². The van der Waals surface area contributed by atoms with Crippen molar-refractivity contribution >= 4 is 17.4 Å². The Morgan fingerprint density at radius 1 is 1.75 bits per heavy atom. The first-order chi connectivity index (χ1) is 5.59. The number of nitrogens with zero attached hydrogens (tertiary/aromatic N) is 1. The molecule has 1 atom stereocenters. The van der Waals surface area contributed by atoms with Crippen LogP contribution in [0.25, 0.3) is 6.08 Å². The molecular weight excluding hydrogens is 170 g/mol. The van der Waals surface area contributed by atoms with Crippen molar-refractivity contribution in [1.29, 1.82) is 0 Å². The highest BCUT2D eigenvalue weighted by Crippen LogP contribution is 2.14. The quantitative estimate of drug-likeness (QED) is 0.762. The van der Waals surface area contributed by atoms with Crippen LogP contribution in [-0.2, 0) is 0 Å². The molecule has 0 radical (unpaired) electrons. The van der Waals surface area contributed by atoms with E-state index in [0.717, 1.165) is 16.3 Å². The lowest BCUT2D eigenvalue weighted by Gasteiger charge is -2.01. The van der Waals surface area contributed by atoms with Gasteiger partial charge in [0.25, 0.3) is 0 Å².